The molecule has 0 aliphatic carbocycles. The van der Waals surface area contributed by atoms with Crippen molar-refractivity contribution >= 4 is 13.8 Å². The first kappa shape index (κ1) is 7.55. The van der Waals surface area contributed by atoms with Gasteiger partial charge in [-0.2, -0.15) is 0 Å². The van der Waals surface area contributed by atoms with Crippen LogP contribution in [0.4, 0.5) is 0 Å². The van der Waals surface area contributed by atoms with Gasteiger partial charge in [0.1, 0.15) is 0 Å². The van der Waals surface area contributed by atoms with Crippen LogP contribution in [-0.2, 0) is 9.36 Å². The van der Waals surface area contributed by atoms with Crippen molar-refractivity contribution in [2.45, 2.75) is 6.42 Å². The van der Waals surface area contributed by atoms with Crippen molar-refractivity contribution in [2.24, 2.45) is 5.92 Å². The fourth-order valence-corrected chi connectivity index (χ4v) is 1.22. The topological polar surface area (TPSA) is 57.6 Å². The number of amides is 1. The molecule has 0 aromatic heterocycles. The number of carbonyl (C=O) groups excluding carboxylic acids is 1. The fraction of sp³-hybridized carbons (Fsp3) is 0.600. The van der Waals surface area contributed by atoms with Crippen LogP contribution in [0.2, 0.25) is 0 Å². The van der Waals surface area contributed by atoms with Crippen molar-refractivity contribution in [3.8, 4) is 5.63 Å². The van der Waals surface area contributed by atoms with E-state index < -0.39 is 11.8 Å². The fourth-order valence-electron chi connectivity index (χ4n) is 0.848. The van der Waals surface area contributed by atoms with Gasteiger partial charge in [0.2, 0.25) is 0 Å². The van der Waals surface area contributed by atoms with E-state index in [1.807, 2.05) is 0 Å². The molecule has 1 rings (SSSR count). The van der Waals surface area contributed by atoms with Crippen molar-refractivity contribution in [1.29, 1.82) is 0 Å². The molecule has 0 saturated carbocycles. The Bertz CT molecular complexity index is 245. The number of hydrogen-bond acceptors (Lipinski definition) is 3. The van der Waals surface area contributed by atoms with Crippen molar-refractivity contribution in [3.05, 3.63) is 0 Å². The van der Waals surface area contributed by atoms with Crippen LogP contribution in [0.1, 0.15) is 6.42 Å². The number of hydroxylamine groups is 2. The maximum absolute atomic E-state index is 10.8. The Kier molecular flexibility index (Phi) is 2.28. The molecule has 0 radical (unpaired) electrons. The predicted octanol–water partition coefficient (Wildman–Crippen LogP) is 0.475. The molecule has 1 fully saturated rings. The number of hydrogen-bond donors (Lipinski definition) is 1. The molecule has 0 spiro atoms. The minimum atomic E-state index is -0.482. The zero-order valence-corrected chi connectivity index (χ0v) is 6.04. The van der Waals surface area contributed by atoms with Gasteiger partial charge in [0, 0.05) is 0 Å². The maximum atomic E-state index is 10.8. The Morgan fingerprint density at radius 2 is 2.50 bits per heavy atom. The average molecular weight is 159 g/mol. The van der Waals surface area contributed by atoms with Gasteiger partial charge in [-0.3, -0.25) is 0 Å². The summed E-state index contributed by atoms with van der Waals surface area (Å²) < 4.78 is 9.95. The zero-order valence-electron chi connectivity index (χ0n) is 5.15. The molecule has 0 aromatic carbocycles. The van der Waals surface area contributed by atoms with E-state index in [9.17, 15) is 9.36 Å². The van der Waals surface area contributed by atoms with Gasteiger partial charge in [-0.1, -0.05) is 0 Å². The monoisotopic (exact) mass is 159 g/mol. The van der Waals surface area contributed by atoms with E-state index in [1.165, 1.54) is 0 Å². The SMILES string of the molecule is O=P#CC1CCN(O)C1=O. The van der Waals surface area contributed by atoms with E-state index in [4.69, 9.17) is 5.21 Å². The first-order valence-corrected chi connectivity index (χ1v) is 3.65. The van der Waals surface area contributed by atoms with Crippen LogP contribution >= 0.6 is 7.92 Å². The molecular formula is C5H6NO3P. The summed E-state index contributed by atoms with van der Waals surface area (Å²) in [6.45, 7) is 0.312. The van der Waals surface area contributed by atoms with Gasteiger partial charge in [0.05, 0.1) is 0 Å². The van der Waals surface area contributed by atoms with E-state index in [0.29, 0.717) is 18.0 Å². The molecule has 10 heavy (non-hydrogen) atoms. The van der Waals surface area contributed by atoms with Crippen LogP contribution in [-0.4, -0.2) is 22.7 Å². The molecule has 1 saturated heterocycles. The van der Waals surface area contributed by atoms with E-state index in [0.717, 1.165) is 0 Å². The summed E-state index contributed by atoms with van der Waals surface area (Å²) in [6.07, 6.45) is 0.505. The second-order valence-electron chi connectivity index (χ2n) is 2.02. The standard InChI is InChI=1S/C5H6NO3P/c7-5-4(3-10-9)1-2-6(5)8/h4,8H,1-2H2. The first-order chi connectivity index (χ1) is 4.75. The minimum absolute atomic E-state index is 0.273. The summed E-state index contributed by atoms with van der Waals surface area (Å²) in [5, 5.41) is 9.36. The molecule has 1 heterocycles. The summed E-state index contributed by atoms with van der Waals surface area (Å²) in [6, 6.07) is 0. The van der Waals surface area contributed by atoms with Crippen LogP contribution in [0.25, 0.3) is 0 Å². The molecule has 4 nitrogen and oxygen atoms in total. The van der Waals surface area contributed by atoms with Gasteiger partial charge in [0.15, 0.2) is 0 Å². The second-order valence-corrected chi connectivity index (χ2v) is 2.46. The summed E-state index contributed by atoms with van der Waals surface area (Å²) in [4.78, 5) is 10.8. The molecule has 0 bridgehead atoms. The van der Waals surface area contributed by atoms with Crippen LogP contribution in [0.15, 0.2) is 0 Å². The Labute approximate surface area is 58.9 Å². The Balaban J connectivity index is 2.72. The zero-order chi connectivity index (χ0) is 7.56. The summed E-state index contributed by atoms with van der Waals surface area (Å²) in [7, 11) is -0.273. The molecule has 1 atom stereocenters. The van der Waals surface area contributed by atoms with Gasteiger partial charge in [-0.25, -0.2) is 0 Å². The van der Waals surface area contributed by atoms with Crippen LogP contribution in [0, 0.1) is 11.5 Å². The molecule has 1 amide bonds. The Morgan fingerprint density at radius 1 is 1.80 bits per heavy atom. The van der Waals surface area contributed by atoms with E-state index >= 15 is 0 Å². The van der Waals surface area contributed by atoms with E-state index in [-0.39, 0.29) is 7.92 Å². The van der Waals surface area contributed by atoms with Crippen molar-refractivity contribution in [1.82, 2.24) is 5.06 Å². The summed E-state index contributed by atoms with van der Waals surface area (Å²) in [5.41, 5.74) is 2.39. The third kappa shape index (κ3) is 1.29. The summed E-state index contributed by atoms with van der Waals surface area (Å²) in [5.74, 6) is -0.896. The molecule has 5 heteroatoms. The number of rotatable bonds is 0. The van der Waals surface area contributed by atoms with Crippen LogP contribution in [0.5, 0.6) is 0 Å². The molecular weight excluding hydrogens is 153 g/mol. The third-order valence-electron chi connectivity index (χ3n) is 1.39. The van der Waals surface area contributed by atoms with E-state index in [1.54, 1.807) is 0 Å². The number of nitrogens with zero attached hydrogens (tertiary/aromatic N) is 1. The second kappa shape index (κ2) is 3.02. The molecule has 1 aliphatic heterocycles. The summed E-state index contributed by atoms with van der Waals surface area (Å²) >= 11 is 0. The van der Waals surface area contributed by atoms with Crippen LogP contribution in [0.3, 0.4) is 0 Å². The van der Waals surface area contributed by atoms with Gasteiger partial charge in [-0.15, -0.1) is 0 Å². The van der Waals surface area contributed by atoms with Crippen molar-refractivity contribution < 1.29 is 14.6 Å². The Hall–Kier alpha value is -0.560. The van der Waals surface area contributed by atoms with Crippen molar-refractivity contribution in [2.75, 3.05) is 6.54 Å². The molecule has 1 aliphatic rings. The van der Waals surface area contributed by atoms with Gasteiger partial charge in [-0.05, 0) is 0 Å². The molecule has 0 aromatic rings. The molecule has 1 N–H and O–H groups in total. The van der Waals surface area contributed by atoms with Crippen LogP contribution < -0.4 is 0 Å². The molecule has 54 valence electrons. The van der Waals surface area contributed by atoms with Gasteiger partial charge in [0.25, 0.3) is 0 Å². The number of carbonyl (C=O) groups is 1. The van der Waals surface area contributed by atoms with Gasteiger partial charge < -0.3 is 0 Å². The normalized spacial score (nSPS) is 24.7. The quantitative estimate of drug-likeness (QED) is 0.413. The Morgan fingerprint density at radius 3 is 2.90 bits per heavy atom. The molecule has 1 unspecified atom stereocenters. The van der Waals surface area contributed by atoms with Gasteiger partial charge >= 0.3 is 58.0 Å². The predicted molar refractivity (Wildman–Crippen MR) is 33.1 cm³/mol. The third-order valence-corrected chi connectivity index (χ3v) is 1.81. The van der Waals surface area contributed by atoms with Crippen molar-refractivity contribution in [3.63, 3.8) is 0 Å². The average Bonchev–Trinajstić information content (AvgIpc) is 2.20. The first-order valence-electron chi connectivity index (χ1n) is 2.84. The van der Waals surface area contributed by atoms with E-state index in [2.05, 4.69) is 5.63 Å².